The van der Waals surface area contributed by atoms with Crippen LogP contribution < -0.4 is 10.1 Å². The molecule has 1 unspecified atom stereocenters. The van der Waals surface area contributed by atoms with E-state index < -0.39 is 0 Å². The van der Waals surface area contributed by atoms with Gasteiger partial charge in [0.25, 0.3) is 0 Å². The third-order valence-corrected chi connectivity index (χ3v) is 3.45. The summed E-state index contributed by atoms with van der Waals surface area (Å²) >= 11 is 0. The molecular formula is C16H22N2O. The lowest BCUT2D eigenvalue weighted by molar-refractivity contribution is 0.299. The maximum Gasteiger partial charge on any atom is 0.145 e. The molecule has 1 aromatic heterocycles. The van der Waals surface area contributed by atoms with Crippen LogP contribution in [0.5, 0.6) is 5.75 Å². The fourth-order valence-electron chi connectivity index (χ4n) is 2.26. The van der Waals surface area contributed by atoms with E-state index in [1.165, 1.54) is 0 Å². The molecule has 0 fully saturated rings. The van der Waals surface area contributed by atoms with Gasteiger partial charge in [0.15, 0.2) is 0 Å². The second-order valence-corrected chi connectivity index (χ2v) is 4.72. The smallest absolute Gasteiger partial charge is 0.145 e. The predicted molar refractivity (Wildman–Crippen MR) is 79.6 cm³/mol. The van der Waals surface area contributed by atoms with Gasteiger partial charge in [-0.15, -0.1) is 0 Å². The minimum atomic E-state index is 0.592. The van der Waals surface area contributed by atoms with E-state index in [0.29, 0.717) is 6.04 Å². The van der Waals surface area contributed by atoms with E-state index in [-0.39, 0.29) is 0 Å². The molecule has 0 saturated carbocycles. The van der Waals surface area contributed by atoms with Crippen LogP contribution >= 0.6 is 0 Å². The molecule has 0 aliphatic rings. The summed E-state index contributed by atoms with van der Waals surface area (Å²) in [5.74, 6) is 0.885. The van der Waals surface area contributed by atoms with E-state index in [0.717, 1.165) is 42.5 Å². The normalized spacial score (nSPS) is 12.5. The average molecular weight is 258 g/mol. The van der Waals surface area contributed by atoms with E-state index in [1.54, 1.807) is 0 Å². The summed E-state index contributed by atoms with van der Waals surface area (Å²) in [6.45, 7) is 2.95. The molecule has 1 aromatic carbocycles. The fourth-order valence-corrected chi connectivity index (χ4v) is 2.26. The van der Waals surface area contributed by atoms with Crippen molar-refractivity contribution in [2.24, 2.45) is 0 Å². The molecule has 0 amide bonds. The molecule has 0 aliphatic heterocycles. The molecule has 1 N–H and O–H groups in total. The van der Waals surface area contributed by atoms with Crippen molar-refractivity contribution in [1.29, 1.82) is 0 Å². The molecule has 0 aliphatic carbocycles. The highest BCUT2D eigenvalue weighted by molar-refractivity contribution is 5.84. The number of hydrogen-bond donors (Lipinski definition) is 1. The van der Waals surface area contributed by atoms with Crippen molar-refractivity contribution in [2.45, 2.75) is 32.2 Å². The number of ether oxygens (including phenoxy) is 1. The molecule has 0 bridgehead atoms. The van der Waals surface area contributed by atoms with Crippen LogP contribution in [0.15, 0.2) is 36.5 Å². The van der Waals surface area contributed by atoms with Gasteiger partial charge in [0.1, 0.15) is 11.3 Å². The molecule has 102 valence electrons. The van der Waals surface area contributed by atoms with Crippen molar-refractivity contribution in [3.8, 4) is 5.75 Å². The van der Waals surface area contributed by atoms with Crippen LogP contribution in [0.2, 0.25) is 0 Å². The number of fused-ring (bicyclic) bond motifs is 1. The van der Waals surface area contributed by atoms with Crippen molar-refractivity contribution in [3.05, 3.63) is 36.5 Å². The largest absolute Gasteiger partial charge is 0.491 e. The Labute approximate surface area is 115 Å². The van der Waals surface area contributed by atoms with E-state index in [9.17, 15) is 0 Å². The number of nitrogens with one attached hydrogen (secondary N) is 1. The number of rotatable bonds is 7. The van der Waals surface area contributed by atoms with Crippen LogP contribution in [0.25, 0.3) is 10.9 Å². The second-order valence-electron chi connectivity index (χ2n) is 4.72. The van der Waals surface area contributed by atoms with Crippen LogP contribution in [0.3, 0.4) is 0 Å². The van der Waals surface area contributed by atoms with Gasteiger partial charge in [0, 0.05) is 17.6 Å². The lowest BCUT2D eigenvalue weighted by atomic mass is 10.1. The highest BCUT2D eigenvalue weighted by Gasteiger charge is 2.04. The highest BCUT2D eigenvalue weighted by Crippen LogP contribution is 2.23. The lowest BCUT2D eigenvalue weighted by Crippen LogP contribution is -2.24. The Kier molecular flexibility index (Phi) is 5.16. The topological polar surface area (TPSA) is 34.1 Å². The monoisotopic (exact) mass is 258 g/mol. The predicted octanol–water partition coefficient (Wildman–Crippen LogP) is 3.39. The van der Waals surface area contributed by atoms with Crippen molar-refractivity contribution < 1.29 is 4.74 Å². The third-order valence-electron chi connectivity index (χ3n) is 3.45. The van der Waals surface area contributed by atoms with Gasteiger partial charge in [0.2, 0.25) is 0 Å². The van der Waals surface area contributed by atoms with Gasteiger partial charge in [0.05, 0.1) is 6.61 Å². The van der Waals surface area contributed by atoms with Gasteiger partial charge in [-0.3, -0.25) is 4.98 Å². The molecule has 2 rings (SSSR count). The van der Waals surface area contributed by atoms with Gasteiger partial charge >= 0.3 is 0 Å². The van der Waals surface area contributed by atoms with Gasteiger partial charge in [-0.05, 0) is 38.4 Å². The van der Waals surface area contributed by atoms with Gasteiger partial charge in [-0.1, -0.05) is 25.1 Å². The van der Waals surface area contributed by atoms with Crippen LogP contribution in [0.4, 0.5) is 0 Å². The number of pyridine rings is 1. The standard InChI is InChI=1S/C16H22N2O/c1-3-14(17-2)9-6-12-19-15-10-4-7-13-8-5-11-18-16(13)15/h4-5,7-8,10-11,14,17H,3,6,9,12H2,1-2H3. The van der Waals surface area contributed by atoms with Crippen LogP contribution in [-0.4, -0.2) is 24.7 Å². The van der Waals surface area contributed by atoms with E-state index in [1.807, 2.05) is 31.4 Å². The summed E-state index contributed by atoms with van der Waals surface area (Å²) in [7, 11) is 2.02. The van der Waals surface area contributed by atoms with Crippen molar-refractivity contribution >= 4 is 10.9 Å². The first-order chi connectivity index (χ1) is 9.35. The Bertz CT molecular complexity index is 504. The average Bonchev–Trinajstić information content (AvgIpc) is 2.47. The lowest BCUT2D eigenvalue weighted by Gasteiger charge is -2.14. The highest BCUT2D eigenvalue weighted by atomic mass is 16.5. The van der Waals surface area contributed by atoms with Crippen LogP contribution in [0, 0.1) is 0 Å². The number of benzene rings is 1. The third kappa shape index (κ3) is 3.67. The first kappa shape index (κ1) is 13.8. The number of aromatic nitrogens is 1. The Morgan fingerprint density at radius 1 is 1.26 bits per heavy atom. The van der Waals surface area contributed by atoms with Crippen LogP contribution in [0.1, 0.15) is 26.2 Å². The summed E-state index contributed by atoms with van der Waals surface area (Å²) < 4.78 is 5.87. The Morgan fingerprint density at radius 2 is 2.11 bits per heavy atom. The minimum absolute atomic E-state index is 0.592. The minimum Gasteiger partial charge on any atom is -0.491 e. The number of hydrogen-bond acceptors (Lipinski definition) is 3. The summed E-state index contributed by atoms with van der Waals surface area (Å²) in [5, 5.41) is 4.44. The zero-order valence-electron chi connectivity index (χ0n) is 11.7. The summed E-state index contributed by atoms with van der Waals surface area (Å²) in [6.07, 6.45) is 5.17. The molecule has 1 atom stereocenters. The van der Waals surface area contributed by atoms with Crippen molar-refractivity contribution in [1.82, 2.24) is 10.3 Å². The Hall–Kier alpha value is -1.61. The zero-order chi connectivity index (χ0) is 13.5. The van der Waals surface area contributed by atoms with E-state index in [4.69, 9.17) is 4.74 Å². The quantitative estimate of drug-likeness (QED) is 0.773. The van der Waals surface area contributed by atoms with Crippen molar-refractivity contribution in [3.63, 3.8) is 0 Å². The zero-order valence-corrected chi connectivity index (χ0v) is 11.7. The van der Waals surface area contributed by atoms with E-state index >= 15 is 0 Å². The first-order valence-corrected chi connectivity index (χ1v) is 6.99. The molecule has 0 spiro atoms. The number of para-hydroxylation sites is 1. The van der Waals surface area contributed by atoms with Gasteiger partial charge in [-0.25, -0.2) is 0 Å². The summed E-state index contributed by atoms with van der Waals surface area (Å²) in [5.41, 5.74) is 0.950. The molecule has 1 heterocycles. The number of nitrogens with zero attached hydrogens (tertiary/aromatic N) is 1. The van der Waals surface area contributed by atoms with E-state index in [2.05, 4.69) is 29.4 Å². The Balaban J connectivity index is 1.91. The van der Waals surface area contributed by atoms with Crippen molar-refractivity contribution in [2.75, 3.05) is 13.7 Å². The summed E-state index contributed by atoms with van der Waals surface area (Å²) in [4.78, 5) is 4.39. The Morgan fingerprint density at radius 3 is 2.89 bits per heavy atom. The molecule has 3 heteroatoms. The molecule has 0 radical (unpaired) electrons. The second kappa shape index (κ2) is 7.10. The molecule has 3 nitrogen and oxygen atoms in total. The SMILES string of the molecule is CCC(CCCOc1cccc2cccnc12)NC. The van der Waals surface area contributed by atoms with Gasteiger partial charge < -0.3 is 10.1 Å². The summed E-state index contributed by atoms with van der Waals surface area (Å²) in [6, 6.07) is 10.7. The van der Waals surface area contributed by atoms with Crippen LogP contribution in [-0.2, 0) is 0 Å². The molecule has 2 aromatic rings. The van der Waals surface area contributed by atoms with Gasteiger partial charge in [-0.2, -0.15) is 0 Å². The first-order valence-electron chi connectivity index (χ1n) is 6.99. The molecular weight excluding hydrogens is 236 g/mol. The maximum atomic E-state index is 5.87. The molecule has 0 saturated heterocycles. The fraction of sp³-hybridized carbons (Fsp3) is 0.438. The maximum absolute atomic E-state index is 5.87. The molecule has 19 heavy (non-hydrogen) atoms.